The van der Waals surface area contributed by atoms with Crippen LogP contribution in [0.1, 0.15) is 13.3 Å². The van der Waals surface area contributed by atoms with Crippen LogP contribution in [0.2, 0.25) is 0 Å². The normalized spacial score (nSPS) is 35.2. The molecule has 1 aliphatic heterocycles. The van der Waals surface area contributed by atoms with Gasteiger partial charge in [0.25, 0.3) is 10.2 Å². The highest BCUT2D eigenvalue weighted by Gasteiger charge is 2.39. The quantitative estimate of drug-likeness (QED) is 0.517. The molecule has 78 valence electrons. The van der Waals surface area contributed by atoms with Gasteiger partial charge in [-0.25, -0.2) is 5.14 Å². The van der Waals surface area contributed by atoms with Crippen LogP contribution in [0.5, 0.6) is 0 Å². The lowest BCUT2D eigenvalue weighted by Crippen LogP contribution is -2.48. The summed E-state index contributed by atoms with van der Waals surface area (Å²) in [6.07, 6.45) is 0.0400. The molecule has 2 atom stereocenters. The largest absolute Gasteiger partial charge is 0.386 e. The lowest BCUT2D eigenvalue weighted by Gasteiger charge is -2.25. The fourth-order valence-corrected chi connectivity index (χ4v) is 1.68. The third kappa shape index (κ3) is 2.89. The minimum Gasteiger partial charge on any atom is -0.386 e. The Kier molecular flexibility index (Phi) is 2.93. The summed E-state index contributed by atoms with van der Waals surface area (Å²) in [7, 11) is -3.74. The van der Waals surface area contributed by atoms with E-state index in [1.165, 1.54) is 0 Å². The maximum absolute atomic E-state index is 10.6. The molecule has 0 amide bonds. The first-order chi connectivity index (χ1) is 5.83. The summed E-state index contributed by atoms with van der Waals surface area (Å²) in [6, 6.07) is 0. The number of ether oxygens (including phenoxy) is 1. The molecule has 6 nitrogen and oxygen atoms in total. The number of aliphatic hydroxyl groups is 1. The van der Waals surface area contributed by atoms with Crippen LogP contribution >= 0.6 is 0 Å². The van der Waals surface area contributed by atoms with Crippen LogP contribution in [-0.4, -0.2) is 38.4 Å². The highest BCUT2D eigenvalue weighted by Crippen LogP contribution is 2.24. The summed E-state index contributed by atoms with van der Waals surface area (Å²) in [5.74, 6) is 0. The van der Waals surface area contributed by atoms with Crippen molar-refractivity contribution in [3.63, 3.8) is 0 Å². The van der Waals surface area contributed by atoms with Crippen LogP contribution in [0, 0.1) is 0 Å². The molecule has 0 bridgehead atoms. The van der Waals surface area contributed by atoms with E-state index in [4.69, 9.17) is 9.88 Å². The Labute approximate surface area is 77.3 Å². The number of rotatable bonds is 3. The first-order valence-electron chi connectivity index (χ1n) is 3.95. The fraction of sp³-hybridized carbons (Fsp3) is 1.00. The summed E-state index contributed by atoms with van der Waals surface area (Å²) >= 11 is 0. The van der Waals surface area contributed by atoms with Gasteiger partial charge in [0.05, 0.1) is 6.10 Å². The smallest absolute Gasteiger partial charge is 0.274 e. The maximum Gasteiger partial charge on any atom is 0.274 e. The van der Waals surface area contributed by atoms with Crippen molar-refractivity contribution >= 4 is 10.2 Å². The van der Waals surface area contributed by atoms with Gasteiger partial charge >= 0.3 is 0 Å². The van der Waals surface area contributed by atoms with Gasteiger partial charge in [-0.1, -0.05) is 0 Å². The molecule has 0 saturated carbocycles. The second kappa shape index (κ2) is 3.50. The second-order valence-corrected chi connectivity index (χ2v) is 4.61. The van der Waals surface area contributed by atoms with Gasteiger partial charge in [0.15, 0.2) is 0 Å². The van der Waals surface area contributed by atoms with Crippen LogP contribution in [-0.2, 0) is 14.9 Å². The number of nitrogens with two attached hydrogens (primary N) is 1. The molecular weight excluding hydrogens is 196 g/mol. The molecule has 1 rings (SSSR count). The van der Waals surface area contributed by atoms with Crippen molar-refractivity contribution in [1.82, 2.24) is 4.72 Å². The van der Waals surface area contributed by atoms with Gasteiger partial charge in [0.1, 0.15) is 5.60 Å². The summed E-state index contributed by atoms with van der Waals surface area (Å²) < 4.78 is 28.3. The van der Waals surface area contributed by atoms with Gasteiger partial charge in [0, 0.05) is 19.6 Å². The van der Waals surface area contributed by atoms with Crippen LogP contribution in [0.3, 0.4) is 0 Å². The van der Waals surface area contributed by atoms with Gasteiger partial charge in [-0.2, -0.15) is 13.1 Å². The molecule has 0 aliphatic carbocycles. The van der Waals surface area contributed by atoms with Crippen molar-refractivity contribution in [3.05, 3.63) is 0 Å². The molecule has 2 unspecified atom stereocenters. The van der Waals surface area contributed by atoms with Crippen molar-refractivity contribution in [1.29, 1.82) is 0 Å². The molecule has 1 aliphatic rings. The summed E-state index contributed by atoms with van der Waals surface area (Å²) in [5, 5.41) is 14.5. The molecule has 0 aromatic rings. The topological polar surface area (TPSA) is 102 Å². The number of hydrogen-bond acceptors (Lipinski definition) is 4. The Morgan fingerprint density at radius 2 is 2.38 bits per heavy atom. The molecule has 1 heterocycles. The highest BCUT2D eigenvalue weighted by molar-refractivity contribution is 7.87. The van der Waals surface area contributed by atoms with E-state index in [1.807, 2.05) is 0 Å². The first-order valence-corrected chi connectivity index (χ1v) is 5.49. The van der Waals surface area contributed by atoms with Crippen molar-refractivity contribution in [2.24, 2.45) is 5.14 Å². The van der Waals surface area contributed by atoms with Gasteiger partial charge in [-0.15, -0.1) is 0 Å². The average Bonchev–Trinajstić information content (AvgIpc) is 2.29. The van der Waals surface area contributed by atoms with E-state index in [0.717, 1.165) is 0 Å². The molecule has 4 N–H and O–H groups in total. The van der Waals surface area contributed by atoms with E-state index in [9.17, 15) is 13.5 Å². The van der Waals surface area contributed by atoms with Crippen molar-refractivity contribution in [2.75, 3.05) is 13.2 Å². The highest BCUT2D eigenvalue weighted by atomic mass is 32.2. The zero-order chi connectivity index (χ0) is 10.1. The van der Waals surface area contributed by atoms with E-state index in [0.29, 0.717) is 13.0 Å². The molecule has 13 heavy (non-hydrogen) atoms. The van der Waals surface area contributed by atoms with Crippen LogP contribution in [0.15, 0.2) is 0 Å². The van der Waals surface area contributed by atoms with Gasteiger partial charge in [0.2, 0.25) is 0 Å². The van der Waals surface area contributed by atoms with Gasteiger partial charge < -0.3 is 9.84 Å². The lowest BCUT2D eigenvalue weighted by molar-refractivity contribution is -0.0228. The summed E-state index contributed by atoms with van der Waals surface area (Å²) in [5.41, 5.74) is -1.13. The first kappa shape index (κ1) is 10.9. The van der Waals surface area contributed by atoms with E-state index in [2.05, 4.69) is 4.72 Å². The van der Waals surface area contributed by atoms with E-state index >= 15 is 0 Å². The molecule has 0 spiro atoms. The Balaban J connectivity index is 2.53. The molecule has 0 radical (unpaired) electrons. The lowest BCUT2D eigenvalue weighted by atomic mass is 9.97. The molecule has 1 saturated heterocycles. The number of nitrogens with one attached hydrogen (secondary N) is 1. The van der Waals surface area contributed by atoms with Crippen LogP contribution in [0.4, 0.5) is 0 Å². The SMILES string of the molecule is CC1OCCC1(O)CNS(N)(=O)=O. The Bertz CT molecular complexity index is 278. The summed E-state index contributed by atoms with van der Waals surface area (Å²) in [4.78, 5) is 0. The minimum absolute atomic E-state index is 0.104. The average molecular weight is 210 g/mol. The van der Waals surface area contributed by atoms with E-state index in [-0.39, 0.29) is 12.6 Å². The predicted octanol–water partition coefficient (Wildman–Crippen LogP) is -1.68. The predicted molar refractivity (Wildman–Crippen MR) is 46.1 cm³/mol. The van der Waals surface area contributed by atoms with E-state index in [1.54, 1.807) is 6.92 Å². The van der Waals surface area contributed by atoms with Crippen LogP contribution in [0.25, 0.3) is 0 Å². The third-order valence-corrected chi connectivity index (χ3v) is 2.79. The summed E-state index contributed by atoms with van der Waals surface area (Å²) in [6.45, 7) is 2.02. The molecular formula is C6H14N2O4S. The molecule has 1 fully saturated rings. The monoisotopic (exact) mass is 210 g/mol. The standard InChI is InChI=1S/C6H14N2O4S/c1-5-6(9,2-3-12-5)4-8-13(7,10)11/h5,8-9H,2-4H2,1H3,(H2,7,10,11). The number of hydrogen-bond donors (Lipinski definition) is 3. The maximum atomic E-state index is 10.6. The van der Waals surface area contributed by atoms with Crippen molar-refractivity contribution < 1.29 is 18.3 Å². The minimum atomic E-state index is -3.74. The Morgan fingerprint density at radius 3 is 2.77 bits per heavy atom. The van der Waals surface area contributed by atoms with Crippen LogP contribution < -0.4 is 9.86 Å². The zero-order valence-corrected chi connectivity index (χ0v) is 8.17. The van der Waals surface area contributed by atoms with Crippen molar-refractivity contribution in [3.8, 4) is 0 Å². The second-order valence-electron chi connectivity index (χ2n) is 3.23. The Morgan fingerprint density at radius 1 is 1.77 bits per heavy atom. The van der Waals surface area contributed by atoms with Gasteiger partial charge in [-0.3, -0.25) is 0 Å². The third-order valence-electron chi connectivity index (χ3n) is 2.24. The van der Waals surface area contributed by atoms with Crippen molar-refractivity contribution in [2.45, 2.75) is 25.0 Å². The van der Waals surface area contributed by atoms with Gasteiger partial charge in [-0.05, 0) is 6.92 Å². The zero-order valence-electron chi connectivity index (χ0n) is 7.36. The molecule has 0 aromatic heterocycles. The molecule has 7 heteroatoms. The fourth-order valence-electron chi connectivity index (χ4n) is 1.23. The van der Waals surface area contributed by atoms with E-state index < -0.39 is 15.8 Å². The molecule has 0 aromatic carbocycles. The Hall–Kier alpha value is -0.210.